The number of carbonyl (C=O) groups is 1. The summed E-state index contributed by atoms with van der Waals surface area (Å²) >= 11 is 0. The van der Waals surface area contributed by atoms with Crippen LogP contribution in [0.25, 0.3) is 0 Å². The van der Waals surface area contributed by atoms with Crippen molar-refractivity contribution < 1.29 is 9.53 Å². The highest BCUT2D eigenvalue weighted by atomic mass is 16.5. The predicted molar refractivity (Wildman–Crippen MR) is 68.6 cm³/mol. The minimum atomic E-state index is -0.509. The van der Waals surface area contributed by atoms with E-state index >= 15 is 0 Å². The Morgan fingerprint density at radius 2 is 2.12 bits per heavy atom. The third-order valence-corrected chi connectivity index (χ3v) is 2.19. The standard InChI is InChI=1S/C13H20N2O2/c1-9(2)17-8-11-5-4-6-12(7-11)15-13(16)10(3)14/h4-7,9-10H,8,14H2,1-3H3,(H,15,16)/t10-/m0/s1. The summed E-state index contributed by atoms with van der Waals surface area (Å²) in [5.41, 5.74) is 7.26. The maximum absolute atomic E-state index is 11.4. The molecular weight excluding hydrogens is 216 g/mol. The lowest BCUT2D eigenvalue weighted by molar-refractivity contribution is -0.117. The number of nitrogens with two attached hydrogens (primary N) is 1. The van der Waals surface area contributed by atoms with Crippen LogP contribution in [0.3, 0.4) is 0 Å². The maximum Gasteiger partial charge on any atom is 0.240 e. The van der Waals surface area contributed by atoms with Crippen LogP contribution in [-0.4, -0.2) is 18.1 Å². The Morgan fingerprint density at radius 3 is 2.71 bits per heavy atom. The molecule has 94 valence electrons. The van der Waals surface area contributed by atoms with E-state index in [-0.39, 0.29) is 12.0 Å². The van der Waals surface area contributed by atoms with E-state index in [9.17, 15) is 4.79 Å². The molecule has 1 rings (SSSR count). The van der Waals surface area contributed by atoms with Crippen LogP contribution in [-0.2, 0) is 16.1 Å². The minimum absolute atomic E-state index is 0.188. The first kappa shape index (κ1) is 13.7. The Bertz CT molecular complexity index is 375. The van der Waals surface area contributed by atoms with Crippen LogP contribution in [0.2, 0.25) is 0 Å². The van der Waals surface area contributed by atoms with Crippen molar-refractivity contribution in [3.63, 3.8) is 0 Å². The van der Waals surface area contributed by atoms with Gasteiger partial charge in [0.1, 0.15) is 0 Å². The largest absolute Gasteiger partial charge is 0.374 e. The molecule has 0 fully saturated rings. The number of anilines is 1. The Kier molecular flexibility index (Phi) is 5.12. The maximum atomic E-state index is 11.4. The molecule has 3 N–H and O–H groups in total. The van der Waals surface area contributed by atoms with Crippen molar-refractivity contribution in [1.29, 1.82) is 0 Å². The van der Waals surface area contributed by atoms with Crippen molar-refractivity contribution in [2.24, 2.45) is 5.73 Å². The first-order valence-corrected chi connectivity index (χ1v) is 5.76. The highest BCUT2D eigenvalue weighted by Gasteiger charge is 2.07. The van der Waals surface area contributed by atoms with Crippen LogP contribution in [0.15, 0.2) is 24.3 Å². The second-order valence-corrected chi connectivity index (χ2v) is 4.34. The molecule has 4 nitrogen and oxygen atoms in total. The first-order valence-electron chi connectivity index (χ1n) is 5.76. The number of hydrogen-bond acceptors (Lipinski definition) is 3. The van der Waals surface area contributed by atoms with E-state index < -0.39 is 6.04 Å². The first-order chi connectivity index (χ1) is 7.99. The normalized spacial score (nSPS) is 12.5. The highest BCUT2D eigenvalue weighted by molar-refractivity contribution is 5.94. The van der Waals surface area contributed by atoms with E-state index in [0.29, 0.717) is 6.61 Å². The Balaban J connectivity index is 2.62. The Labute approximate surface area is 102 Å². The van der Waals surface area contributed by atoms with Crippen LogP contribution in [0.4, 0.5) is 5.69 Å². The topological polar surface area (TPSA) is 64.3 Å². The molecule has 1 aromatic rings. The summed E-state index contributed by atoms with van der Waals surface area (Å²) in [7, 11) is 0. The molecule has 0 radical (unpaired) electrons. The molecule has 0 saturated heterocycles. The second-order valence-electron chi connectivity index (χ2n) is 4.34. The van der Waals surface area contributed by atoms with E-state index in [1.54, 1.807) is 6.92 Å². The van der Waals surface area contributed by atoms with Gasteiger partial charge in [-0.25, -0.2) is 0 Å². The fraction of sp³-hybridized carbons (Fsp3) is 0.462. The number of amides is 1. The van der Waals surface area contributed by atoms with Gasteiger partial charge in [-0.2, -0.15) is 0 Å². The summed E-state index contributed by atoms with van der Waals surface area (Å²) in [5.74, 6) is -0.188. The molecule has 17 heavy (non-hydrogen) atoms. The third-order valence-electron chi connectivity index (χ3n) is 2.19. The van der Waals surface area contributed by atoms with Gasteiger partial charge in [0.2, 0.25) is 5.91 Å². The molecule has 0 aliphatic rings. The molecule has 1 atom stereocenters. The van der Waals surface area contributed by atoms with E-state index in [1.807, 2.05) is 38.1 Å². The molecule has 0 bridgehead atoms. The number of ether oxygens (including phenoxy) is 1. The Hall–Kier alpha value is -1.39. The lowest BCUT2D eigenvalue weighted by atomic mass is 10.2. The van der Waals surface area contributed by atoms with Gasteiger partial charge in [-0.1, -0.05) is 12.1 Å². The van der Waals surface area contributed by atoms with Gasteiger partial charge in [0.25, 0.3) is 0 Å². The van der Waals surface area contributed by atoms with Gasteiger partial charge >= 0.3 is 0 Å². The van der Waals surface area contributed by atoms with Crippen molar-refractivity contribution in [3.05, 3.63) is 29.8 Å². The number of rotatable bonds is 5. The summed E-state index contributed by atoms with van der Waals surface area (Å²) in [6.07, 6.45) is 0.192. The summed E-state index contributed by atoms with van der Waals surface area (Å²) in [5, 5.41) is 2.75. The molecule has 0 aliphatic carbocycles. The van der Waals surface area contributed by atoms with Gasteiger partial charge in [0.05, 0.1) is 18.8 Å². The zero-order valence-corrected chi connectivity index (χ0v) is 10.6. The quantitative estimate of drug-likeness (QED) is 0.820. The van der Waals surface area contributed by atoms with E-state index in [1.165, 1.54) is 0 Å². The number of benzene rings is 1. The molecule has 0 spiro atoms. The highest BCUT2D eigenvalue weighted by Crippen LogP contribution is 2.12. The van der Waals surface area contributed by atoms with Crippen molar-refractivity contribution in [2.45, 2.75) is 39.5 Å². The molecular formula is C13H20N2O2. The smallest absolute Gasteiger partial charge is 0.240 e. The lowest BCUT2D eigenvalue weighted by Gasteiger charge is -2.11. The lowest BCUT2D eigenvalue weighted by Crippen LogP contribution is -2.32. The molecule has 1 amide bonds. The fourth-order valence-corrected chi connectivity index (χ4v) is 1.26. The molecule has 0 aliphatic heterocycles. The molecule has 0 heterocycles. The predicted octanol–water partition coefficient (Wildman–Crippen LogP) is 1.90. The van der Waals surface area contributed by atoms with Crippen molar-refractivity contribution >= 4 is 11.6 Å². The summed E-state index contributed by atoms with van der Waals surface area (Å²) < 4.78 is 5.50. The summed E-state index contributed by atoms with van der Waals surface area (Å²) in [6, 6.07) is 7.06. The van der Waals surface area contributed by atoms with Crippen LogP contribution >= 0.6 is 0 Å². The van der Waals surface area contributed by atoms with Crippen LogP contribution < -0.4 is 11.1 Å². The van der Waals surface area contributed by atoms with Crippen LogP contribution in [0.1, 0.15) is 26.3 Å². The molecule has 0 unspecified atom stereocenters. The molecule has 0 aromatic heterocycles. The second kappa shape index (κ2) is 6.37. The minimum Gasteiger partial charge on any atom is -0.374 e. The fourth-order valence-electron chi connectivity index (χ4n) is 1.26. The number of nitrogens with one attached hydrogen (secondary N) is 1. The number of hydrogen-bond donors (Lipinski definition) is 2. The van der Waals surface area contributed by atoms with Gasteiger partial charge in [-0.15, -0.1) is 0 Å². The van der Waals surface area contributed by atoms with Crippen LogP contribution in [0.5, 0.6) is 0 Å². The average molecular weight is 236 g/mol. The Morgan fingerprint density at radius 1 is 1.41 bits per heavy atom. The third kappa shape index (κ3) is 4.97. The average Bonchev–Trinajstić information content (AvgIpc) is 2.26. The van der Waals surface area contributed by atoms with E-state index in [2.05, 4.69) is 5.32 Å². The zero-order valence-electron chi connectivity index (χ0n) is 10.6. The van der Waals surface area contributed by atoms with Gasteiger partial charge in [0, 0.05) is 5.69 Å². The summed E-state index contributed by atoms with van der Waals surface area (Å²) in [6.45, 7) is 6.17. The van der Waals surface area contributed by atoms with Crippen molar-refractivity contribution in [3.8, 4) is 0 Å². The SMILES string of the molecule is CC(C)OCc1cccc(NC(=O)[C@H](C)N)c1. The van der Waals surface area contributed by atoms with E-state index in [0.717, 1.165) is 11.3 Å². The van der Waals surface area contributed by atoms with E-state index in [4.69, 9.17) is 10.5 Å². The molecule has 0 saturated carbocycles. The van der Waals surface area contributed by atoms with Crippen LogP contribution in [0, 0.1) is 0 Å². The monoisotopic (exact) mass is 236 g/mol. The number of carbonyl (C=O) groups excluding carboxylic acids is 1. The summed E-state index contributed by atoms with van der Waals surface area (Å²) in [4.78, 5) is 11.4. The zero-order chi connectivity index (χ0) is 12.8. The van der Waals surface area contributed by atoms with Crippen molar-refractivity contribution in [1.82, 2.24) is 0 Å². The van der Waals surface area contributed by atoms with Gasteiger partial charge in [-0.3, -0.25) is 4.79 Å². The van der Waals surface area contributed by atoms with Gasteiger partial charge < -0.3 is 15.8 Å². The van der Waals surface area contributed by atoms with Gasteiger partial charge in [0.15, 0.2) is 0 Å². The molecule has 1 aromatic carbocycles. The van der Waals surface area contributed by atoms with Gasteiger partial charge in [-0.05, 0) is 38.5 Å². The van der Waals surface area contributed by atoms with Crippen molar-refractivity contribution in [2.75, 3.05) is 5.32 Å². The molecule has 4 heteroatoms.